The number of aliphatic imine (C=N–C) groups is 2. The maximum Gasteiger partial charge on any atom is 0.212 e. The summed E-state index contributed by atoms with van der Waals surface area (Å²) in [5.41, 5.74) is 9.55. The molecule has 1 aromatic heterocycles. The summed E-state index contributed by atoms with van der Waals surface area (Å²) in [4.78, 5) is 13.4. The number of benzene rings is 2. The van der Waals surface area contributed by atoms with Crippen molar-refractivity contribution in [2.24, 2.45) is 20.2 Å². The van der Waals surface area contributed by atoms with Gasteiger partial charge in [0.2, 0.25) is 11.9 Å². The summed E-state index contributed by atoms with van der Waals surface area (Å²) in [7, 11) is 0. The number of fused-ring (bicyclic) bond motifs is 2. The van der Waals surface area contributed by atoms with Gasteiger partial charge in [-0.25, -0.2) is 25.8 Å². The van der Waals surface area contributed by atoms with E-state index in [-0.39, 0.29) is 0 Å². The Morgan fingerprint density at radius 1 is 0.833 bits per heavy atom. The van der Waals surface area contributed by atoms with E-state index in [0.29, 0.717) is 11.9 Å². The summed E-state index contributed by atoms with van der Waals surface area (Å²) < 4.78 is 0. The van der Waals surface area contributed by atoms with Crippen LogP contribution in [0.5, 0.6) is 0 Å². The Labute approximate surface area is 173 Å². The molecule has 0 saturated carbocycles. The van der Waals surface area contributed by atoms with Crippen LogP contribution in [0.1, 0.15) is 11.1 Å². The first-order valence-corrected chi connectivity index (χ1v) is 9.84. The quantitative estimate of drug-likeness (QED) is 0.299. The van der Waals surface area contributed by atoms with Gasteiger partial charge in [-0.1, -0.05) is 30.3 Å². The number of pyridine rings is 1. The molecule has 3 heterocycles. The first kappa shape index (κ1) is 18.0. The predicted molar refractivity (Wildman–Crippen MR) is 121 cm³/mol. The molecule has 0 unspecified atom stereocenters. The van der Waals surface area contributed by atoms with E-state index in [2.05, 4.69) is 53.8 Å². The fourth-order valence-electron chi connectivity index (χ4n) is 3.39. The van der Waals surface area contributed by atoms with Crippen molar-refractivity contribution in [2.45, 2.75) is 0 Å². The van der Waals surface area contributed by atoms with E-state index in [1.807, 2.05) is 30.3 Å². The lowest BCUT2D eigenvalue weighted by Gasteiger charge is -2.08. The number of para-hydroxylation sites is 1. The van der Waals surface area contributed by atoms with Gasteiger partial charge in [-0.2, -0.15) is 10.2 Å². The lowest BCUT2D eigenvalue weighted by Crippen LogP contribution is -2.30. The molecule has 3 aromatic rings. The number of nitrogens with one attached hydrogen (secondary N) is 4. The van der Waals surface area contributed by atoms with E-state index in [1.165, 1.54) is 0 Å². The topological polar surface area (TPSA) is 110 Å². The van der Waals surface area contributed by atoms with Crippen LogP contribution in [0.25, 0.3) is 21.8 Å². The third kappa shape index (κ3) is 3.77. The molecular formula is C21H21N9. The van der Waals surface area contributed by atoms with Crippen molar-refractivity contribution >= 4 is 46.2 Å². The van der Waals surface area contributed by atoms with E-state index >= 15 is 0 Å². The Kier molecular flexibility index (Phi) is 4.91. The van der Waals surface area contributed by atoms with Crippen molar-refractivity contribution in [3.63, 3.8) is 0 Å². The molecule has 150 valence electrons. The van der Waals surface area contributed by atoms with Gasteiger partial charge < -0.3 is 10.6 Å². The maximum absolute atomic E-state index is 4.89. The minimum atomic E-state index is 0.687. The van der Waals surface area contributed by atoms with Crippen LogP contribution in [0.3, 0.4) is 0 Å². The van der Waals surface area contributed by atoms with Crippen molar-refractivity contribution in [2.75, 3.05) is 26.2 Å². The summed E-state index contributed by atoms with van der Waals surface area (Å²) in [5, 5.41) is 17.0. The van der Waals surface area contributed by atoms with Crippen molar-refractivity contribution in [3.8, 4) is 0 Å². The molecule has 9 heteroatoms. The first-order chi connectivity index (χ1) is 14.9. The molecule has 0 spiro atoms. The van der Waals surface area contributed by atoms with E-state index in [9.17, 15) is 0 Å². The molecule has 0 saturated heterocycles. The van der Waals surface area contributed by atoms with Crippen LogP contribution >= 0.6 is 0 Å². The first-order valence-electron chi connectivity index (χ1n) is 9.84. The Hall–Kier alpha value is -4.01. The van der Waals surface area contributed by atoms with Gasteiger partial charge >= 0.3 is 0 Å². The van der Waals surface area contributed by atoms with Gasteiger partial charge in [0.1, 0.15) is 0 Å². The highest BCUT2D eigenvalue weighted by Crippen LogP contribution is 2.24. The number of guanidine groups is 2. The molecule has 2 aliphatic heterocycles. The van der Waals surface area contributed by atoms with E-state index < -0.39 is 0 Å². The number of aromatic nitrogens is 1. The van der Waals surface area contributed by atoms with Gasteiger partial charge in [0.25, 0.3) is 0 Å². The average Bonchev–Trinajstić information content (AvgIpc) is 3.48. The third-order valence-electron chi connectivity index (χ3n) is 4.85. The summed E-state index contributed by atoms with van der Waals surface area (Å²) in [5.74, 6) is 1.38. The monoisotopic (exact) mass is 399 g/mol. The fraction of sp³-hybridized carbons (Fsp3) is 0.190. The largest absolute Gasteiger partial charge is 0.353 e. The van der Waals surface area contributed by atoms with Crippen molar-refractivity contribution in [1.82, 2.24) is 26.5 Å². The molecule has 0 aliphatic carbocycles. The second-order valence-electron chi connectivity index (χ2n) is 6.88. The summed E-state index contributed by atoms with van der Waals surface area (Å²) in [6.07, 6.45) is 3.56. The number of nitrogens with zero attached hydrogens (tertiary/aromatic N) is 5. The Morgan fingerprint density at radius 3 is 2.20 bits per heavy atom. The molecule has 4 N–H and O–H groups in total. The van der Waals surface area contributed by atoms with E-state index in [0.717, 1.165) is 59.1 Å². The highest BCUT2D eigenvalue weighted by atomic mass is 15.4. The molecule has 0 amide bonds. The smallest absolute Gasteiger partial charge is 0.212 e. The highest BCUT2D eigenvalue weighted by molar-refractivity contribution is 6.09. The molecular weight excluding hydrogens is 378 g/mol. The highest BCUT2D eigenvalue weighted by Gasteiger charge is 2.09. The minimum Gasteiger partial charge on any atom is -0.353 e. The molecule has 2 aliphatic rings. The van der Waals surface area contributed by atoms with Crippen LogP contribution in [0, 0.1) is 0 Å². The van der Waals surface area contributed by atoms with Gasteiger partial charge in [0.05, 0.1) is 36.6 Å². The number of hydrogen-bond acceptors (Lipinski definition) is 9. The molecule has 0 radical (unpaired) electrons. The predicted octanol–water partition coefficient (Wildman–Crippen LogP) is 1.15. The average molecular weight is 399 g/mol. The van der Waals surface area contributed by atoms with E-state index in [1.54, 1.807) is 12.4 Å². The van der Waals surface area contributed by atoms with Crippen LogP contribution in [0.2, 0.25) is 0 Å². The van der Waals surface area contributed by atoms with Crippen LogP contribution in [0.4, 0.5) is 0 Å². The minimum absolute atomic E-state index is 0.687. The summed E-state index contributed by atoms with van der Waals surface area (Å²) in [6, 6.07) is 14.2. The van der Waals surface area contributed by atoms with E-state index in [4.69, 9.17) is 4.98 Å². The number of hydrazone groups is 2. The number of hydrogen-bond donors (Lipinski definition) is 4. The van der Waals surface area contributed by atoms with Gasteiger partial charge in [-0.3, -0.25) is 0 Å². The zero-order chi connectivity index (χ0) is 20.2. The van der Waals surface area contributed by atoms with Gasteiger partial charge in [-0.05, 0) is 12.1 Å². The maximum atomic E-state index is 4.89. The lowest BCUT2D eigenvalue weighted by molar-refractivity contribution is 0.919. The fourth-order valence-corrected chi connectivity index (χ4v) is 3.39. The zero-order valence-corrected chi connectivity index (χ0v) is 16.3. The molecule has 30 heavy (non-hydrogen) atoms. The Bertz CT molecular complexity index is 1120. The van der Waals surface area contributed by atoms with Gasteiger partial charge in [-0.15, -0.1) is 0 Å². The Morgan fingerprint density at radius 2 is 1.50 bits per heavy atom. The Balaban J connectivity index is 1.51. The second kappa shape index (κ2) is 8.16. The standard InChI is InChI=1S/C21H21N9/c1-2-4-18-14(3-1)11-17-15(12-26-29-20-22-7-8-23-20)5-6-16(19(17)28-18)13-27-30-21-24-9-10-25-21/h1-6,11-13H,7-10H2,(H2,22,23,29)(H2,24,25,30)/b26-12+,27-13+. The lowest BCUT2D eigenvalue weighted by atomic mass is 10.0. The van der Waals surface area contributed by atoms with Crippen LogP contribution in [-0.2, 0) is 0 Å². The van der Waals surface area contributed by atoms with Gasteiger partial charge in [0, 0.05) is 35.0 Å². The third-order valence-corrected chi connectivity index (χ3v) is 4.85. The van der Waals surface area contributed by atoms with Crippen LogP contribution in [0.15, 0.2) is 62.7 Å². The molecule has 0 atom stereocenters. The van der Waals surface area contributed by atoms with Crippen molar-refractivity contribution in [1.29, 1.82) is 0 Å². The SMILES string of the molecule is C(=N\NC1=NCCN1)/c1ccc(/C=N/NC2=NCCN2)c2nc3ccccc3cc12. The van der Waals surface area contributed by atoms with Crippen LogP contribution < -0.4 is 21.5 Å². The molecule has 0 bridgehead atoms. The van der Waals surface area contributed by atoms with Crippen molar-refractivity contribution in [3.05, 3.63) is 53.6 Å². The van der Waals surface area contributed by atoms with Crippen LogP contribution in [-0.4, -0.2) is 55.5 Å². The summed E-state index contributed by atoms with van der Waals surface area (Å²) >= 11 is 0. The molecule has 0 fully saturated rings. The van der Waals surface area contributed by atoms with Gasteiger partial charge in [0.15, 0.2) is 0 Å². The number of rotatable bonds is 4. The zero-order valence-electron chi connectivity index (χ0n) is 16.3. The molecule has 2 aromatic carbocycles. The molecule has 5 rings (SSSR count). The molecule has 9 nitrogen and oxygen atoms in total. The van der Waals surface area contributed by atoms with Crippen molar-refractivity contribution < 1.29 is 0 Å². The second-order valence-corrected chi connectivity index (χ2v) is 6.88. The normalized spacial score (nSPS) is 16.1. The summed E-state index contributed by atoms with van der Waals surface area (Å²) in [6.45, 7) is 3.19.